The van der Waals surface area contributed by atoms with Gasteiger partial charge in [0.2, 0.25) is 0 Å². The predicted octanol–water partition coefficient (Wildman–Crippen LogP) is 4.41. The van der Waals surface area contributed by atoms with Crippen molar-refractivity contribution in [1.29, 1.82) is 0 Å². The number of rotatable bonds is 5. The number of nitrogens with one attached hydrogen (secondary N) is 1. The second-order valence-corrected chi connectivity index (χ2v) is 11.4. The minimum absolute atomic E-state index is 0.0866. The average molecular weight is 456 g/mol. The Balaban J connectivity index is 2.51. The fraction of sp³-hybridized carbons (Fsp3) is 0.350. The largest absolute Gasteiger partial charge is 0.354 e. The monoisotopic (exact) mass is 455 g/mol. The van der Waals surface area contributed by atoms with Gasteiger partial charge in [0.15, 0.2) is 9.84 Å². The van der Waals surface area contributed by atoms with Gasteiger partial charge in [-0.2, -0.15) is 0 Å². The van der Waals surface area contributed by atoms with Crippen molar-refractivity contribution in [2.45, 2.75) is 49.3 Å². The van der Waals surface area contributed by atoms with Gasteiger partial charge < -0.3 is 5.32 Å². The summed E-state index contributed by atoms with van der Waals surface area (Å²) in [5, 5.41) is 8.36. The fourth-order valence-electron chi connectivity index (χ4n) is 2.90. The number of benzene rings is 2. The number of carbonyl (C=O) groups excluding carboxylic acids is 1. The predicted molar refractivity (Wildman–Crippen MR) is 116 cm³/mol. The van der Waals surface area contributed by atoms with E-state index in [1.165, 1.54) is 30.3 Å². The first-order valence-electron chi connectivity index (χ1n) is 9.21. The van der Waals surface area contributed by atoms with Gasteiger partial charge in [0.1, 0.15) is 15.7 Å². The number of halogens is 1. The topological polar surface area (TPSA) is 119 Å². The molecule has 2 amide bonds. The van der Waals surface area contributed by atoms with Crippen LogP contribution in [0.15, 0.2) is 50.6 Å². The van der Waals surface area contributed by atoms with E-state index >= 15 is 0 Å². The smallest absolute Gasteiger partial charge is 0.305 e. The Morgan fingerprint density at radius 2 is 1.50 bits per heavy atom. The van der Waals surface area contributed by atoms with Crippen LogP contribution < -0.4 is 10.5 Å². The van der Waals surface area contributed by atoms with Gasteiger partial charge in [-0.05, 0) is 53.3 Å². The summed E-state index contributed by atoms with van der Waals surface area (Å²) in [6.07, 6.45) is 1.00. The third-order valence-corrected chi connectivity index (χ3v) is 6.91. The zero-order chi connectivity index (χ0) is 22.9. The Bertz CT molecular complexity index is 1170. The highest BCUT2D eigenvalue weighted by Crippen LogP contribution is 2.33. The summed E-state index contributed by atoms with van der Waals surface area (Å²) >= 11 is 0. The maximum absolute atomic E-state index is 14.0. The van der Waals surface area contributed by atoms with Crippen LogP contribution in [0.5, 0.6) is 0 Å². The van der Waals surface area contributed by atoms with E-state index in [9.17, 15) is 21.8 Å². The summed E-state index contributed by atoms with van der Waals surface area (Å²) < 4.78 is 53.9. The van der Waals surface area contributed by atoms with Gasteiger partial charge in [0.05, 0.1) is 9.79 Å². The van der Waals surface area contributed by atoms with Crippen LogP contribution in [0.25, 0.3) is 0 Å². The molecule has 0 saturated heterocycles. The standard InChI is InChI=1S/C20H26FN3O4S2/c1-12(2)17-9-14(21)10-18(13(3)4)19(17)23-20(25)24-30(22,28)16-8-6-7-15(11-16)29(5,26)27/h6-13H,1-5H3,(H3,22,23,24,25,28). The third kappa shape index (κ3) is 5.65. The number of urea groups is 1. The molecule has 0 aliphatic heterocycles. The van der Waals surface area contributed by atoms with Crippen molar-refractivity contribution in [3.8, 4) is 0 Å². The fourth-order valence-corrected chi connectivity index (χ4v) is 4.61. The SMILES string of the molecule is CC(C)c1cc(F)cc(C(C)C)c1NC(=O)N=S(N)(=O)c1cccc(S(C)(=O)=O)c1. The van der Waals surface area contributed by atoms with Crippen molar-refractivity contribution in [3.05, 3.63) is 53.3 Å². The van der Waals surface area contributed by atoms with Crippen molar-refractivity contribution in [1.82, 2.24) is 0 Å². The van der Waals surface area contributed by atoms with Crippen LogP contribution in [0.1, 0.15) is 50.7 Å². The van der Waals surface area contributed by atoms with Gasteiger partial charge in [-0.25, -0.2) is 27.0 Å². The van der Waals surface area contributed by atoms with Gasteiger partial charge in [0.25, 0.3) is 0 Å². The number of carbonyl (C=O) groups is 1. The molecule has 2 aromatic carbocycles. The zero-order valence-corrected chi connectivity index (χ0v) is 19.1. The minimum atomic E-state index is -3.71. The third-order valence-electron chi connectivity index (χ3n) is 4.43. The minimum Gasteiger partial charge on any atom is -0.305 e. The molecule has 0 heterocycles. The van der Waals surface area contributed by atoms with Crippen molar-refractivity contribution >= 4 is 31.5 Å². The highest BCUT2D eigenvalue weighted by molar-refractivity contribution is 7.92. The summed E-state index contributed by atoms with van der Waals surface area (Å²) in [5.74, 6) is -0.609. The van der Waals surface area contributed by atoms with E-state index in [1.807, 2.05) is 27.7 Å². The van der Waals surface area contributed by atoms with Crippen molar-refractivity contribution in [3.63, 3.8) is 0 Å². The molecule has 0 saturated carbocycles. The molecule has 2 aromatic rings. The quantitative estimate of drug-likeness (QED) is 0.694. The molecule has 2 rings (SSSR count). The number of amides is 2. The van der Waals surface area contributed by atoms with Crippen LogP contribution in [0.4, 0.5) is 14.9 Å². The van der Waals surface area contributed by atoms with Crippen molar-refractivity contribution in [2.75, 3.05) is 11.6 Å². The Kier molecular flexibility index (Phi) is 7.05. The molecule has 30 heavy (non-hydrogen) atoms. The van der Waals surface area contributed by atoms with Crippen LogP contribution in [0.2, 0.25) is 0 Å². The summed E-state index contributed by atoms with van der Waals surface area (Å²) in [5.41, 5.74) is 1.55. The van der Waals surface area contributed by atoms with E-state index in [0.717, 1.165) is 12.3 Å². The number of hydrogen-bond donors (Lipinski definition) is 2. The Morgan fingerprint density at radius 3 is 1.97 bits per heavy atom. The van der Waals surface area contributed by atoms with E-state index in [4.69, 9.17) is 5.14 Å². The highest BCUT2D eigenvalue weighted by Gasteiger charge is 2.20. The second kappa shape index (κ2) is 8.83. The lowest BCUT2D eigenvalue weighted by Gasteiger charge is -2.20. The molecule has 164 valence electrons. The Morgan fingerprint density at radius 1 is 1.00 bits per heavy atom. The van der Waals surface area contributed by atoms with Crippen LogP contribution in [-0.2, 0) is 19.8 Å². The molecule has 7 nitrogen and oxygen atoms in total. The first-order chi connectivity index (χ1) is 13.7. The molecule has 1 unspecified atom stereocenters. The molecular weight excluding hydrogens is 429 g/mol. The lowest BCUT2D eigenvalue weighted by Crippen LogP contribution is -2.19. The first-order valence-corrected chi connectivity index (χ1v) is 12.7. The van der Waals surface area contributed by atoms with Gasteiger partial charge in [-0.1, -0.05) is 33.8 Å². The summed E-state index contributed by atoms with van der Waals surface area (Å²) in [7, 11) is -7.27. The molecule has 0 spiro atoms. The van der Waals surface area contributed by atoms with Crippen LogP contribution in [-0.4, -0.2) is 24.9 Å². The van der Waals surface area contributed by atoms with E-state index < -0.39 is 31.6 Å². The number of anilines is 1. The molecule has 10 heteroatoms. The van der Waals surface area contributed by atoms with Crippen molar-refractivity contribution in [2.24, 2.45) is 9.50 Å². The Hall–Kier alpha value is -2.30. The molecule has 0 fully saturated rings. The molecule has 3 N–H and O–H groups in total. The highest BCUT2D eigenvalue weighted by atomic mass is 32.2. The van der Waals surface area contributed by atoms with Crippen LogP contribution in [0, 0.1) is 5.82 Å². The average Bonchev–Trinajstić information content (AvgIpc) is 2.61. The number of sulfone groups is 1. The number of hydrogen-bond acceptors (Lipinski definition) is 4. The molecule has 0 aliphatic rings. The molecule has 0 radical (unpaired) electrons. The van der Waals surface area contributed by atoms with Gasteiger partial charge >= 0.3 is 6.03 Å². The molecule has 0 bridgehead atoms. The lowest BCUT2D eigenvalue weighted by atomic mass is 9.92. The van der Waals surface area contributed by atoms with Crippen LogP contribution in [0.3, 0.4) is 0 Å². The lowest BCUT2D eigenvalue weighted by molar-refractivity contribution is 0.260. The van der Waals surface area contributed by atoms with E-state index in [-0.39, 0.29) is 21.6 Å². The number of nitrogens with two attached hydrogens (primary N) is 1. The maximum atomic E-state index is 14.0. The van der Waals surface area contributed by atoms with E-state index in [1.54, 1.807) is 0 Å². The summed E-state index contributed by atoms with van der Waals surface area (Å²) in [6, 6.07) is 6.87. The van der Waals surface area contributed by atoms with Gasteiger partial charge in [-0.3, -0.25) is 0 Å². The Labute approximate surface area is 177 Å². The van der Waals surface area contributed by atoms with Crippen LogP contribution >= 0.6 is 0 Å². The van der Waals surface area contributed by atoms with Gasteiger partial charge in [0, 0.05) is 11.9 Å². The van der Waals surface area contributed by atoms with Gasteiger partial charge in [-0.15, -0.1) is 4.36 Å². The first kappa shape index (κ1) is 24.0. The molecule has 0 aromatic heterocycles. The van der Waals surface area contributed by atoms with E-state index in [0.29, 0.717) is 16.8 Å². The normalized spacial score (nSPS) is 13.9. The maximum Gasteiger partial charge on any atom is 0.354 e. The zero-order valence-electron chi connectivity index (χ0n) is 17.5. The second-order valence-electron chi connectivity index (χ2n) is 7.61. The summed E-state index contributed by atoms with van der Waals surface area (Å²) in [4.78, 5) is 12.4. The van der Waals surface area contributed by atoms with E-state index in [2.05, 4.69) is 9.68 Å². The molecule has 0 aliphatic carbocycles. The molecular formula is C20H26FN3O4S2. The molecule has 1 atom stereocenters. The summed E-state index contributed by atoms with van der Waals surface area (Å²) in [6.45, 7) is 7.42. The van der Waals surface area contributed by atoms with Crippen molar-refractivity contribution < 1.29 is 21.8 Å². The number of nitrogens with zero attached hydrogens (tertiary/aromatic N) is 1.